The van der Waals surface area contributed by atoms with Crippen molar-refractivity contribution in [2.75, 3.05) is 32.8 Å². The van der Waals surface area contributed by atoms with Gasteiger partial charge < -0.3 is 19.5 Å². The first-order valence-electron chi connectivity index (χ1n) is 11.8. The molecule has 1 aromatic heterocycles. The summed E-state index contributed by atoms with van der Waals surface area (Å²) in [4.78, 5) is 28.8. The van der Waals surface area contributed by atoms with E-state index in [9.17, 15) is 9.59 Å². The van der Waals surface area contributed by atoms with E-state index in [0.29, 0.717) is 36.1 Å². The van der Waals surface area contributed by atoms with Gasteiger partial charge in [-0.05, 0) is 55.6 Å². The molecular formula is C25H37N3O5S. The van der Waals surface area contributed by atoms with Gasteiger partial charge in [0.1, 0.15) is 11.5 Å². The van der Waals surface area contributed by atoms with Crippen LogP contribution in [-0.2, 0) is 19.1 Å². The van der Waals surface area contributed by atoms with Crippen LogP contribution in [0.25, 0.3) is 0 Å². The van der Waals surface area contributed by atoms with Crippen molar-refractivity contribution in [2.24, 2.45) is 11.8 Å². The van der Waals surface area contributed by atoms with E-state index in [1.807, 2.05) is 12.2 Å². The number of anilines is 1. The summed E-state index contributed by atoms with van der Waals surface area (Å²) in [6, 6.07) is 0.227. The molecule has 2 heterocycles. The highest BCUT2D eigenvalue weighted by molar-refractivity contribution is 7.10. The molecule has 8 nitrogen and oxygen atoms in total. The number of carbonyl (C=O) groups excluding carboxylic acids is 2. The molecule has 0 unspecified atom stereocenters. The quantitative estimate of drug-likeness (QED) is 0.254. The van der Waals surface area contributed by atoms with Gasteiger partial charge >= 0.3 is 6.01 Å². The van der Waals surface area contributed by atoms with Crippen LogP contribution in [-0.4, -0.2) is 48.5 Å². The number of ether oxygens (including phenoxy) is 3. The molecule has 2 atom stereocenters. The minimum atomic E-state index is -0.184. The van der Waals surface area contributed by atoms with E-state index < -0.39 is 0 Å². The van der Waals surface area contributed by atoms with Gasteiger partial charge in [-0.3, -0.25) is 9.59 Å². The number of allylic oxidation sites excluding steroid dienone is 4. The van der Waals surface area contributed by atoms with Gasteiger partial charge in [-0.1, -0.05) is 25.7 Å². The average Bonchev–Trinajstić information content (AvgIpc) is 3.51. The molecule has 9 heteroatoms. The molecule has 0 aliphatic carbocycles. The van der Waals surface area contributed by atoms with E-state index in [1.54, 1.807) is 7.11 Å². The summed E-state index contributed by atoms with van der Waals surface area (Å²) in [6.07, 6.45) is 11.7. The van der Waals surface area contributed by atoms with Gasteiger partial charge in [-0.2, -0.15) is 4.98 Å². The summed E-state index contributed by atoms with van der Waals surface area (Å²) in [7, 11) is 3.06. The Morgan fingerprint density at radius 3 is 2.79 bits per heavy atom. The lowest BCUT2D eigenvalue weighted by Gasteiger charge is -2.17. The Labute approximate surface area is 206 Å². The topological polar surface area (TPSA) is 99.6 Å². The third-order valence-electron chi connectivity index (χ3n) is 5.84. The summed E-state index contributed by atoms with van der Waals surface area (Å²) < 4.78 is 19.5. The largest absolute Gasteiger partial charge is 0.497 e. The van der Waals surface area contributed by atoms with E-state index in [0.717, 1.165) is 56.0 Å². The molecule has 0 aromatic carbocycles. The summed E-state index contributed by atoms with van der Waals surface area (Å²) in [6.45, 7) is 7.65. The van der Waals surface area contributed by atoms with Gasteiger partial charge in [0.05, 0.1) is 14.2 Å². The SMILES string of the molecule is C=C(/C=C\C(=C/CC[C@@H]1CCOC1)[C@@H](CC)CC(=O)CCCC(=O)Nc1nc(OC)ns1)OC. The number of hydrogen-bond donors (Lipinski definition) is 1. The van der Waals surface area contributed by atoms with Crippen LogP contribution in [0, 0.1) is 11.8 Å². The number of carbonyl (C=O) groups is 2. The van der Waals surface area contributed by atoms with Crippen LogP contribution in [0.15, 0.2) is 36.1 Å². The van der Waals surface area contributed by atoms with Crippen LogP contribution >= 0.6 is 11.5 Å². The Morgan fingerprint density at radius 1 is 1.32 bits per heavy atom. The molecule has 1 aliphatic rings. The molecule has 0 bridgehead atoms. The van der Waals surface area contributed by atoms with Crippen LogP contribution in [0.4, 0.5) is 5.13 Å². The molecule has 0 radical (unpaired) electrons. The maximum Gasteiger partial charge on any atom is 0.329 e. The summed E-state index contributed by atoms with van der Waals surface area (Å²) in [5, 5.41) is 3.08. The first kappa shape index (κ1) is 27.7. The first-order chi connectivity index (χ1) is 16.4. The third kappa shape index (κ3) is 10.2. The van der Waals surface area contributed by atoms with E-state index in [1.165, 1.54) is 7.11 Å². The predicted octanol–water partition coefficient (Wildman–Crippen LogP) is 5.10. The van der Waals surface area contributed by atoms with E-state index in [4.69, 9.17) is 14.2 Å². The molecular weight excluding hydrogens is 454 g/mol. The van der Waals surface area contributed by atoms with Crippen LogP contribution in [0.1, 0.15) is 58.3 Å². The maximum atomic E-state index is 12.7. The Hall–Kier alpha value is -2.52. The number of ketones is 1. The highest BCUT2D eigenvalue weighted by Gasteiger charge is 2.18. The van der Waals surface area contributed by atoms with Crippen molar-refractivity contribution in [3.8, 4) is 6.01 Å². The normalized spacial score (nSPS) is 17.0. The molecule has 1 amide bonds. The average molecular weight is 492 g/mol. The number of hydrogen-bond acceptors (Lipinski definition) is 8. The van der Waals surface area contributed by atoms with Crippen molar-refractivity contribution < 1.29 is 23.8 Å². The lowest BCUT2D eigenvalue weighted by molar-refractivity contribution is -0.120. The number of methoxy groups -OCH3 is 2. The van der Waals surface area contributed by atoms with Crippen molar-refractivity contribution in [3.05, 3.63) is 36.1 Å². The number of nitrogens with one attached hydrogen (secondary N) is 1. The van der Waals surface area contributed by atoms with Gasteiger partial charge in [0.2, 0.25) is 11.0 Å². The standard InChI is InChI=1S/C25H37N3O5S/c1-5-20(21(13-12-18(2)31-3)9-6-8-19-14-15-33-17-19)16-22(29)10-7-11-23(30)26-25-27-24(32-4)28-34-25/h9,12-13,19-20H,2,5-8,10-11,14-17H2,1,3-4H3,(H,26,27,28,30)/b13-12-,21-9+/t19-,20+/m1/s1. The first-order valence-corrected chi connectivity index (χ1v) is 12.6. The van der Waals surface area contributed by atoms with Gasteiger partial charge in [0, 0.05) is 44.0 Å². The molecule has 1 aromatic rings. The highest BCUT2D eigenvalue weighted by atomic mass is 32.1. The van der Waals surface area contributed by atoms with E-state index in [-0.39, 0.29) is 30.0 Å². The van der Waals surface area contributed by atoms with Crippen LogP contribution in [0.2, 0.25) is 0 Å². The number of amides is 1. The van der Waals surface area contributed by atoms with Crippen molar-refractivity contribution >= 4 is 28.4 Å². The van der Waals surface area contributed by atoms with Crippen molar-refractivity contribution in [1.82, 2.24) is 9.36 Å². The second-order valence-corrected chi connectivity index (χ2v) is 9.10. The zero-order valence-electron chi connectivity index (χ0n) is 20.5. The molecule has 1 fully saturated rings. The van der Waals surface area contributed by atoms with Crippen molar-refractivity contribution in [3.63, 3.8) is 0 Å². The third-order valence-corrected chi connectivity index (χ3v) is 6.45. The molecule has 2 rings (SSSR count). The Bertz CT molecular complexity index is 858. The fraction of sp³-hybridized carbons (Fsp3) is 0.600. The van der Waals surface area contributed by atoms with Crippen molar-refractivity contribution in [2.45, 2.75) is 58.3 Å². The second kappa shape index (κ2) is 15.4. The highest BCUT2D eigenvalue weighted by Crippen LogP contribution is 2.25. The lowest BCUT2D eigenvalue weighted by Crippen LogP contribution is -2.13. The zero-order chi connectivity index (χ0) is 24.8. The van der Waals surface area contributed by atoms with Crippen LogP contribution in [0.3, 0.4) is 0 Å². The molecule has 34 heavy (non-hydrogen) atoms. The molecule has 0 spiro atoms. The van der Waals surface area contributed by atoms with Gasteiger partial charge in [-0.15, -0.1) is 4.37 Å². The monoisotopic (exact) mass is 491 g/mol. The number of aromatic nitrogens is 2. The van der Waals surface area contributed by atoms with Crippen LogP contribution < -0.4 is 10.1 Å². The maximum absolute atomic E-state index is 12.7. The fourth-order valence-corrected chi connectivity index (χ4v) is 4.33. The summed E-state index contributed by atoms with van der Waals surface area (Å²) in [5.74, 6) is 1.29. The van der Waals surface area contributed by atoms with Gasteiger partial charge in [-0.25, -0.2) is 0 Å². The predicted molar refractivity (Wildman–Crippen MR) is 134 cm³/mol. The van der Waals surface area contributed by atoms with Crippen molar-refractivity contribution in [1.29, 1.82) is 0 Å². The number of Topliss-reactive ketones (excluding diaryl/α,β-unsaturated/α-hetero) is 1. The minimum Gasteiger partial charge on any atom is -0.497 e. The van der Waals surface area contributed by atoms with E-state index in [2.05, 4.69) is 34.3 Å². The van der Waals surface area contributed by atoms with Gasteiger partial charge in [0.25, 0.3) is 0 Å². The molecule has 188 valence electrons. The molecule has 0 saturated carbocycles. The van der Waals surface area contributed by atoms with E-state index >= 15 is 0 Å². The zero-order valence-corrected chi connectivity index (χ0v) is 21.3. The molecule has 1 N–H and O–H groups in total. The number of rotatable bonds is 16. The summed E-state index contributed by atoms with van der Waals surface area (Å²) in [5.41, 5.74) is 1.14. The molecule has 1 saturated heterocycles. The van der Waals surface area contributed by atoms with Gasteiger partial charge in [0.15, 0.2) is 0 Å². The summed E-state index contributed by atoms with van der Waals surface area (Å²) >= 11 is 1.06. The fourth-order valence-electron chi connectivity index (χ4n) is 3.77. The smallest absolute Gasteiger partial charge is 0.329 e. The second-order valence-electron chi connectivity index (χ2n) is 8.35. The number of nitrogens with zero attached hydrogens (tertiary/aromatic N) is 2. The van der Waals surface area contributed by atoms with Crippen LogP contribution in [0.5, 0.6) is 6.01 Å². The Kier molecular flexibility index (Phi) is 12.6. The molecule has 1 aliphatic heterocycles. The Morgan fingerprint density at radius 2 is 2.15 bits per heavy atom. The lowest BCUT2D eigenvalue weighted by atomic mass is 9.88. The minimum absolute atomic E-state index is 0.121. The Balaban J connectivity index is 1.85.